The van der Waals surface area contributed by atoms with Crippen molar-refractivity contribution in [3.63, 3.8) is 0 Å². The van der Waals surface area contributed by atoms with Gasteiger partial charge < -0.3 is 21.1 Å². The molecule has 1 aliphatic heterocycles. The summed E-state index contributed by atoms with van der Waals surface area (Å²) in [7, 11) is 0. The second-order valence-electron chi connectivity index (χ2n) is 9.19. The van der Waals surface area contributed by atoms with Crippen molar-refractivity contribution >= 4 is 35.0 Å². The number of aliphatic carboxylic acids is 1. The van der Waals surface area contributed by atoms with Crippen LogP contribution in [0.2, 0.25) is 0 Å². The van der Waals surface area contributed by atoms with Gasteiger partial charge in [-0.15, -0.1) is 11.3 Å². The van der Waals surface area contributed by atoms with Gasteiger partial charge in [-0.2, -0.15) is 0 Å². The predicted octanol–water partition coefficient (Wildman–Crippen LogP) is 2.51. The van der Waals surface area contributed by atoms with Crippen molar-refractivity contribution in [2.24, 2.45) is 5.73 Å². The molecule has 38 heavy (non-hydrogen) atoms. The first-order valence-corrected chi connectivity index (χ1v) is 13.3. The van der Waals surface area contributed by atoms with Crippen LogP contribution in [-0.4, -0.2) is 58.8 Å². The molecule has 1 saturated heterocycles. The summed E-state index contributed by atoms with van der Waals surface area (Å²) in [5.74, 6) is -2.12. The number of carboxylic acids is 1. The lowest BCUT2D eigenvalue weighted by molar-refractivity contribution is -0.141. The highest BCUT2D eigenvalue weighted by Crippen LogP contribution is 2.31. The van der Waals surface area contributed by atoms with E-state index in [1.807, 2.05) is 66.0 Å². The van der Waals surface area contributed by atoms with Gasteiger partial charge in [-0.3, -0.25) is 25.1 Å². The van der Waals surface area contributed by atoms with E-state index < -0.39 is 30.5 Å². The number of hydrogen-bond acceptors (Lipinski definition) is 6. The van der Waals surface area contributed by atoms with Crippen LogP contribution in [0.25, 0.3) is 0 Å². The molecular formula is C28H31N5O4S. The number of benzene rings is 2. The standard InChI is InChI=1S/C28H31N5O4S/c29-26(30)22-14-18(17-38-22)15-32-27(36)21-12-7-13-33(21)28(37)25(31-16-23(34)35)24(19-8-3-1-4-9-19)20-10-5-2-6-11-20/h1-6,8-11,14,17,21,24-25,31H,7,12-13,15-16H2,(H3,29,30)(H,32,36)(H,34,35)/t21-,25+/m0/s1. The zero-order chi connectivity index (χ0) is 27.1. The number of carboxylic acid groups (broad SMARTS) is 1. The molecule has 0 bridgehead atoms. The van der Waals surface area contributed by atoms with E-state index in [4.69, 9.17) is 11.1 Å². The zero-order valence-corrected chi connectivity index (χ0v) is 21.6. The molecule has 0 radical (unpaired) electrons. The molecule has 2 amide bonds. The molecule has 2 atom stereocenters. The van der Waals surface area contributed by atoms with Crippen LogP contribution >= 0.6 is 11.3 Å². The molecule has 198 valence electrons. The lowest BCUT2D eigenvalue weighted by Crippen LogP contribution is -2.55. The predicted molar refractivity (Wildman–Crippen MR) is 146 cm³/mol. The normalized spacial score (nSPS) is 15.8. The van der Waals surface area contributed by atoms with Gasteiger partial charge in [-0.1, -0.05) is 60.7 Å². The molecule has 6 N–H and O–H groups in total. The van der Waals surface area contributed by atoms with Gasteiger partial charge >= 0.3 is 5.97 Å². The first-order chi connectivity index (χ1) is 18.3. The number of amides is 2. The number of nitrogens with one attached hydrogen (secondary N) is 3. The summed E-state index contributed by atoms with van der Waals surface area (Å²) in [6, 6.07) is 19.2. The van der Waals surface area contributed by atoms with Crippen LogP contribution in [0.4, 0.5) is 0 Å². The summed E-state index contributed by atoms with van der Waals surface area (Å²) in [5.41, 5.74) is 8.10. The topological polar surface area (TPSA) is 149 Å². The van der Waals surface area contributed by atoms with Crippen LogP contribution in [0.15, 0.2) is 72.1 Å². The third-order valence-electron chi connectivity index (χ3n) is 6.61. The Morgan fingerprint density at radius 1 is 1.08 bits per heavy atom. The molecule has 1 aromatic heterocycles. The molecule has 4 rings (SSSR count). The molecule has 0 aliphatic carbocycles. The second-order valence-corrected chi connectivity index (χ2v) is 10.1. The SMILES string of the molecule is N=C(N)c1cc(CNC(=O)[C@@H]2CCCN2C(=O)[C@H](NCC(=O)O)C(c2ccccc2)c2ccccc2)cs1. The third kappa shape index (κ3) is 6.45. The fourth-order valence-electron chi connectivity index (χ4n) is 4.84. The molecule has 1 fully saturated rings. The molecule has 10 heteroatoms. The Kier molecular flexibility index (Phi) is 8.88. The van der Waals surface area contributed by atoms with Crippen LogP contribution in [0.5, 0.6) is 0 Å². The average molecular weight is 534 g/mol. The number of nitrogens with two attached hydrogens (primary N) is 1. The van der Waals surface area contributed by atoms with E-state index in [1.165, 1.54) is 11.3 Å². The lowest BCUT2D eigenvalue weighted by Gasteiger charge is -2.33. The van der Waals surface area contributed by atoms with E-state index >= 15 is 0 Å². The maximum Gasteiger partial charge on any atom is 0.317 e. The van der Waals surface area contributed by atoms with Gasteiger partial charge in [0.15, 0.2) is 0 Å². The molecule has 3 aromatic rings. The summed E-state index contributed by atoms with van der Waals surface area (Å²) in [5, 5.41) is 24.7. The Balaban J connectivity index is 1.58. The number of amidine groups is 1. The number of carbonyl (C=O) groups is 3. The zero-order valence-electron chi connectivity index (χ0n) is 20.8. The maximum absolute atomic E-state index is 14.1. The molecule has 0 spiro atoms. The van der Waals surface area contributed by atoms with Crippen molar-refractivity contribution in [2.45, 2.75) is 37.4 Å². The summed E-state index contributed by atoms with van der Waals surface area (Å²) in [6.07, 6.45) is 1.19. The molecule has 0 saturated carbocycles. The number of thiophene rings is 1. The van der Waals surface area contributed by atoms with E-state index in [2.05, 4.69) is 10.6 Å². The quantitative estimate of drug-likeness (QED) is 0.189. The Hall–Kier alpha value is -4.02. The minimum absolute atomic E-state index is 0.0218. The minimum atomic E-state index is -1.07. The van der Waals surface area contributed by atoms with Crippen molar-refractivity contribution in [3.8, 4) is 0 Å². The first kappa shape index (κ1) is 27.0. The fraction of sp³-hybridized carbons (Fsp3) is 0.286. The van der Waals surface area contributed by atoms with Crippen LogP contribution in [-0.2, 0) is 20.9 Å². The lowest BCUT2D eigenvalue weighted by atomic mass is 9.84. The molecule has 2 heterocycles. The monoisotopic (exact) mass is 533 g/mol. The van der Waals surface area contributed by atoms with E-state index in [0.29, 0.717) is 24.3 Å². The summed E-state index contributed by atoms with van der Waals surface area (Å²) in [6.45, 7) is 0.276. The number of hydrogen-bond donors (Lipinski definition) is 5. The smallest absolute Gasteiger partial charge is 0.317 e. The highest BCUT2D eigenvalue weighted by Gasteiger charge is 2.40. The van der Waals surface area contributed by atoms with Gasteiger partial charge in [0.25, 0.3) is 0 Å². The van der Waals surface area contributed by atoms with Gasteiger partial charge in [0.1, 0.15) is 11.9 Å². The van der Waals surface area contributed by atoms with Gasteiger partial charge in [-0.05, 0) is 41.0 Å². The number of carbonyl (C=O) groups excluding carboxylic acids is 2. The summed E-state index contributed by atoms with van der Waals surface area (Å²) < 4.78 is 0. The Labute approximate surface area is 225 Å². The Bertz CT molecular complexity index is 1240. The fourth-order valence-corrected chi connectivity index (χ4v) is 5.62. The van der Waals surface area contributed by atoms with Crippen LogP contribution in [0.1, 0.15) is 40.3 Å². The van der Waals surface area contributed by atoms with Gasteiger partial charge in [0.2, 0.25) is 11.8 Å². The van der Waals surface area contributed by atoms with Crippen LogP contribution < -0.4 is 16.4 Å². The number of nitrogen functional groups attached to an aromatic ring is 1. The third-order valence-corrected chi connectivity index (χ3v) is 7.63. The molecule has 9 nitrogen and oxygen atoms in total. The van der Waals surface area contributed by atoms with Crippen LogP contribution in [0.3, 0.4) is 0 Å². The summed E-state index contributed by atoms with van der Waals surface area (Å²) >= 11 is 1.34. The van der Waals surface area contributed by atoms with Crippen LogP contribution in [0, 0.1) is 5.41 Å². The molecular weight excluding hydrogens is 502 g/mol. The molecule has 2 aromatic carbocycles. The van der Waals surface area contributed by atoms with Crippen molar-refractivity contribution in [1.82, 2.24) is 15.5 Å². The first-order valence-electron chi connectivity index (χ1n) is 12.4. The van der Waals surface area contributed by atoms with E-state index in [9.17, 15) is 19.5 Å². The summed E-state index contributed by atoms with van der Waals surface area (Å²) in [4.78, 5) is 41.0. The number of nitrogens with zero attached hydrogens (tertiary/aromatic N) is 1. The van der Waals surface area contributed by atoms with Gasteiger partial charge in [0, 0.05) is 19.0 Å². The minimum Gasteiger partial charge on any atom is -0.480 e. The van der Waals surface area contributed by atoms with E-state index in [1.54, 1.807) is 11.0 Å². The second kappa shape index (κ2) is 12.5. The van der Waals surface area contributed by atoms with Gasteiger partial charge in [-0.25, -0.2) is 0 Å². The highest BCUT2D eigenvalue weighted by molar-refractivity contribution is 7.12. The Morgan fingerprint density at radius 2 is 1.71 bits per heavy atom. The van der Waals surface area contributed by atoms with Gasteiger partial charge in [0.05, 0.1) is 17.5 Å². The van der Waals surface area contributed by atoms with Crippen molar-refractivity contribution in [1.29, 1.82) is 5.41 Å². The molecule has 1 aliphatic rings. The number of likely N-dealkylation sites (tertiary alicyclic amines) is 1. The van der Waals surface area contributed by atoms with Crippen molar-refractivity contribution in [2.75, 3.05) is 13.1 Å². The number of rotatable bonds is 11. The largest absolute Gasteiger partial charge is 0.480 e. The van der Waals surface area contributed by atoms with Crippen molar-refractivity contribution in [3.05, 3.63) is 93.7 Å². The van der Waals surface area contributed by atoms with E-state index in [0.717, 1.165) is 16.7 Å². The molecule has 0 unspecified atom stereocenters. The van der Waals surface area contributed by atoms with E-state index in [-0.39, 0.29) is 24.2 Å². The highest BCUT2D eigenvalue weighted by atomic mass is 32.1. The Morgan fingerprint density at radius 3 is 2.26 bits per heavy atom. The van der Waals surface area contributed by atoms with Crippen molar-refractivity contribution < 1.29 is 19.5 Å². The average Bonchev–Trinajstić information content (AvgIpc) is 3.61. The maximum atomic E-state index is 14.1.